The molecule has 2 heterocycles. The summed E-state index contributed by atoms with van der Waals surface area (Å²) >= 11 is 6.29. The molecule has 3 aliphatic carbocycles. The first-order chi connectivity index (χ1) is 17.5. The van der Waals surface area contributed by atoms with Crippen molar-refractivity contribution in [1.29, 1.82) is 0 Å². The van der Waals surface area contributed by atoms with Crippen molar-refractivity contribution in [3.05, 3.63) is 118 Å². The fourth-order valence-electron chi connectivity index (χ4n) is 6.21. The van der Waals surface area contributed by atoms with E-state index in [9.17, 15) is 14.4 Å². The Morgan fingerprint density at radius 3 is 1.83 bits per heavy atom. The summed E-state index contributed by atoms with van der Waals surface area (Å²) in [6, 6.07) is 23.7. The molecule has 176 valence electrons. The molecule has 1 aromatic heterocycles. The number of halogens is 1. The van der Waals surface area contributed by atoms with Crippen molar-refractivity contribution in [2.24, 2.45) is 11.8 Å². The van der Waals surface area contributed by atoms with Crippen LogP contribution in [0.2, 0.25) is 5.02 Å². The van der Waals surface area contributed by atoms with Crippen LogP contribution in [0.15, 0.2) is 89.5 Å². The van der Waals surface area contributed by atoms with Gasteiger partial charge in [0.25, 0.3) is 0 Å². The third-order valence-corrected chi connectivity index (χ3v) is 7.77. The van der Waals surface area contributed by atoms with E-state index in [0.29, 0.717) is 5.02 Å². The van der Waals surface area contributed by atoms with Crippen LogP contribution in [-0.4, -0.2) is 17.8 Å². The third-order valence-electron chi connectivity index (χ3n) is 7.54. The summed E-state index contributed by atoms with van der Waals surface area (Å²) in [6.45, 7) is 0. The van der Waals surface area contributed by atoms with Gasteiger partial charge in [-0.3, -0.25) is 9.59 Å². The number of hydrogen-bond acceptors (Lipinski definition) is 5. The summed E-state index contributed by atoms with van der Waals surface area (Å²) in [5, 5.41) is 0.313. The van der Waals surface area contributed by atoms with E-state index in [-0.39, 0.29) is 40.8 Å². The minimum atomic E-state index is -0.736. The number of benzene rings is 3. The molecule has 0 radical (unpaired) electrons. The Hall–Kier alpha value is -4.16. The molecule has 0 saturated carbocycles. The molecular weight excluding hydrogens is 478 g/mol. The number of imide groups is 1. The van der Waals surface area contributed by atoms with Gasteiger partial charge in [0.1, 0.15) is 0 Å². The molecule has 4 aliphatic rings. The molecule has 0 unspecified atom stereocenters. The van der Waals surface area contributed by atoms with E-state index in [1.807, 2.05) is 24.3 Å². The van der Waals surface area contributed by atoms with Gasteiger partial charge in [-0.15, -0.1) is 0 Å². The zero-order valence-corrected chi connectivity index (χ0v) is 19.5. The predicted molar refractivity (Wildman–Crippen MR) is 131 cm³/mol. The van der Waals surface area contributed by atoms with Gasteiger partial charge in [0, 0.05) is 16.9 Å². The highest BCUT2D eigenvalue weighted by Gasteiger charge is 2.62. The van der Waals surface area contributed by atoms with Crippen molar-refractivity contribution < 1.29 is 23.5 Å². The molecule has 0 N–H and O–H groups in total. The quantitative estimate of drug-likeness (QED) is 0.211. The van der Waals surface area contributed by atoms with E-state index < -0.39 is 17.8 Å². The average Bonchev–Trinajstić information content (AvgIpc) is 3.53. The number of hydrogen-bond donors (Lipinski definition) is 0. The van der Waals surface area contributed by atoms with Crippen LogP contribution in [-0.2, 0) is 9.59 Å². The first-order valence-electron chi connectivity index (χ1n) is 11.7. The summed E-state index contributed by atoms with van der Waals surface area (Å²) in [5.41, 5.74) is 4.49. The second kappa shape index (κ2) is 7.67. The number of nitrogens with zero attached hydrogens (tertiary/aromatic N) is 1. The number of furan rings is 1. The van der Waals surface area contributed by atoms with Crippen LogP contribution < -0.4 is 9.64 Å². The second-order valence-corrected chi connectivity index (χ2v) is 9.69. The van der Waals surface area contributed by atoms with Gasteiger partial charge in [0.2, 0.25) is 17.6 Å². The Labute approximate surface area is 211 Å². The zero-order valence-electron chi connectivity index (χ0n) is 18.8. The molecule has 6 nitrogen and oxygen atoms in total. The summed E-state index contributed by atoms with van der Waals surface area (Å²) in [6.07, 6.45) is 1.36. The second-order valence-electron chi connectivity index (χ2n) is 9.26. The fourth-order valence-corrected chi connectivity index (χ4v) is 6.38. The van der Waals surface area contributed by atoms with Gasteiger partial charge in [-0.2, -0.15) is 0 Å². The van der Waals surface area contributed by atoms with Gasteiger partial charge < -0.3 is 9.15 Å². The van der Waals surface area contributed by atoms with Gasteiger partial charge in [-0.1, -0.05) is 60.1 Å². The number of rotatable bonds is 3. The van der Waals surface area contributed by atoms with Crippen molar-refractivity contribution in [2.75, 3.05) is 4.90 Å². The van der Waals surface area contributed by atoms with Crippen LogP contribution in [0.5, 0.6) is 5.75 Å². The highest BCUT2D eigenvalue weighted by molar-refractivity contribution is 6.32. The molecule has 2 bridgehead atoms. The zero-order chi connectivity index (χ0) is 24.6. The van der Waals surface area contributed by atoms with E-state index in [0.717, 1.165) is 27.2 Å². The fraction of sp³-hybridized carbons (Fsp3) is 0.138. The lowest BCUT2D eigenvalue weighted by atomic mass is 9.55. The lowest BCUT2D eigenvalue weighted by molar-refractivity contribution is -0.122. The van der Waals surface area contributed by atoms with Gasteiger partial charge in [0.05, 0.1) is 23.8 Å². The van der Waals surface area contributed by atoms with Crippen LogP contribution in [0, 0.1) is 11.8 Å². The monoisotopic (exact) mass is 495 g/mol. The molecule has 1 saturated heterocycles. The number of amides is 2. The maximum Gasteiger partial charge on any atom is 0.379 e. The van der Waals surface area contributed by atoms with Crippen LogP contribution in [0.3, 0.4) is 0 Å². The van der Waals surface area contributed by atoms with Gasteiger partial charge in [-0.05, 0) is 52.6 Å². The average molecular weight is 496 g/mol. The molecule has 2 atom stereocenters. The lowest BCUT2D eigenvalue weighted by Crippen LogP contribution is -2.41. The lowest BCUT2D eigenvalue weighted by Gasteiger charge is -2.45. The molecule has 3 aromatic carbocycles. The molecular formula is C29H18ClNO5. The maximum absolute atomic E-state index is 14.0. The van der Waals surface area contributed by atoms with Crippen molar-refractivity contribution in [1.82, 2.24) is 0 Å². The third kappa shape index (κ3) is 2.82. The molecule has 36 heavy (non-hydrogen) atoms. The molecule has 7 heteroatoms. The van der Waals surface area contributed by atoms with Crippen LogP contribution in [0.25, 0.3) is 0 Å². The van der Waals surface area contributed by atoms with E-state index in [1.54, 1.807) is 12.1 Å². The molecule has 8 rings (SSSR count). The Bertz CT molecular complexity index is 1460. The Balaban J connectivity index is 1.35. The first-order valence-corrected chi connectivity index (χ1v) is 12.0. The predicted octanol–water partition coefficient (Wildman–Crippen LogP) is 5.55. The molecule has 2 amide bonds. The van der Waals surface area contributed by atoms with Crippen LogP contribution in [0.4, 0.5) is 5.69 Å². The largest absolute Gasteiger partial charge is 0.457 e. The van der Waals surface area contributed by atoms with Gasteiger partial charge in [-0.25, -0.2) is 9.69 Å². The maximum atomic E-state index is 14.0. The van der Waals surface area contributed by atoms with Gasteiger partial charge in [0.15, 0.2) is 5.75 Å². The highest BCUT2D eigenvalue weighted by Crippen LogP contribution is 2.61. The number of anilines is 1. The Morgan fingerprint density at radius 2 is 1.33 bits per heavy atom. The van der Waals surface area contributed by atoms with Crippen molar-refractivity contribution >= 4 is 35.1 Å². The summed E-state index contributed by atoms with van der Waals surface area (Å²) in [5.74, 6) is -2.89. The molecule has 1 aliphatic heterocycles. The minimum absolute atomic E-state index is 0.00703. The molecule has 0 spiro atoms. The summed E-state index contributed by atoms with van der Waals surface area (Å²) < 4.78 is 10.7. The van der Waals surface area contributed by atoms with Crippen LogP contribution in [0.1, 0.15) is 44.6 Å². The topological polar surface area (TPSA) is 76.8 Å². The van der Waals surface area contributed by atoms with Crippen molar-refractivity contribution in [2.45, 2.75) is 11.8 Å². The number of ether oxygens (including phenoxy) is 1. The Morgan fingerprint density at radius 1 is 0.778 bits per heavy atom. The van der Waals surface area contributed by atoms with Crippen molar-refractivity contribution in [3.8, 4) is 5.75 Å². The highest BCUT2D eigenvalue weighted by atomic mass is 35.5. The number of carbonyl (C=O) groups excluding carboxylic acids is 3. The number of carbonyl (C=O) groups is 3. The normalized spacial score (nSPS) is 23.3. The summed E-state index contributed by atoms with van der Waals surface area (Å²) in [7, 11) is 0. The summed E-state index contributed by atoms with van der Waals surface area (Å²) in [4.78, 5) is 41.9. The van der Waals surface area contributed by atoms with E-state index in [1.165, 1.54) is 24.5 Å². The SMILES string of the molecule is O=C(Oc1ccc(Cl)cc1N1C(=O)[C@@H]2C3c4ccccc4C(c4ccccc43)[C@@H]2C1=O)c1ccco1. The van der Waals surface area contributed by atoms with Gasteiger partial charge >= 0.3 is 5.97 Å². The Kier molecular flexibility index (Phi) is 4.51. The first kappa shape index (κ1) is 21.1. The minimum Gasteiger partial charge on any atom is -0.457 e. The van der Waals surface area contributed by atoms with E-state index in [2.05, 4.69) is 24.3 Å². The smallest absolute Gasteiger partial charge is 0.379 e. The molecule has 1 fully saturated rings. The van der Waals surface area contributed by atoms with E-state index in [4.69, 9.17) is 20.8 Å². The van der Waals surface area contributed by atoms with E-state index >= 15 is 0 Å². The number of esters is 1. The van der Waals surface area contributed by atoms with Crippen LogP contribution >= 0.6 is 11.6 Å². The molecule has 4 aromatic rings. The van der Waals surface area contributed by atoms with Crippen molar-refractivity contribution in [3.63, 3.8) is 0 Å². The standard InChI is InChI=1S/C29H18ClNO5/c30-15-11-12-21(36-29(34)22-10-5-13-35-22)20(14-15)31-27(32)25-23-16-6-1-2-7-17(16)24(26(25)28(31)33)19-9-4-3-8-18(19)23/h1-14,23-26H/t23?,24?,25-,26+.